The second-order valence-corrected chi connectivity index (χ2v) is 8.54. The number of guanidine groups is 1. The zero-order valence-electron chi connectivity index (χ0n) is 15.3. The van der Waals surface area contributed by atoms with Crippen LogP contribution >= 0.6 is 22.7 Å². The molecule has 1 atom stereocenters. The van der Waals surface area contributed by atoms with Gasteiger partial charge in [-0.3, -0.25) is 4.90 Å². The van der Waals surface area contributed by atoms with Gasteiger partial charge in [-0.15, -0.1) is 22.7 Å². The van der Waals surface area contributed by atoms with Gasteiger partial charge in [-0.05, 0) is 61.2 Å². The van der Waals surface area contributed by atoms with E-state index < -0.39 is 0 Å². The van der Waals surface area contributed by atoms with Crippen LogP contribution in [0.4, 0.5) is 0 Å². The van der Waals surface area contributed by atoms with Crippen LogP contribution in [0.15, 0.2) is 27.9 Å². The van der Waals surface area contributed by atoms with Gasteiger partial charge < -0.3 is 10.6 Å². The van der Waals surface area contributed by atoms with Crippen molar-refractivity contribution in [3.05, 3.63) is 43.8 Å². The molecule has 1 aliphatic rings. The topological polar surface area (TPSA) is 39.7 Å². The number of nitrogens with zero attached hydrogens (tertiary/aromatic N) is 2. The fourth-order valence-electron chi connectivity index (χ4n) is 3.08. The van der Waals surface area contributed by atoms with E-state index >= 15 is 0 Å². The van der Waals surface area contributed by atoms with Crippen LogP contribution in [0.25, 0.3) is 0 Å². The number of rotatable bonds is 6. The van der Waals surface area contributed by atoms with Crippen LogP contribution in [-0.2, 0) is 19.5 Å². The molecule has 1 aliphatic heterocycles. The van der Waals surface area contributed by atoms with Gasteiger partial charge in [-0.25, -0.2) is 4.99 Å². The smallest absolute Gasteiger partial charge is 0.191 e. The van der Waals surface area contributed by atoms with Crippen LogP contribution in [0.1, 0.15) is 34.7 Å². The molecular weight excluding hydrogens is 348 g/mol. The fourth-order valence-corrected chi connectivity index (χ4v) is 4.80. The Kier molecular flexibility index (Phi) is 6.51. The molecule has 0 bridgehead atoms. The molecule has 4 nitrogen and oxygen atoms in total. The molecule has 0 aliphatic carbocycles. The van der Waals surface area contributed by atoms with Crippen molar-refractivity contribution < 1.29 is 0 Å². The minimum Gasteiger partial charge on any atom is -0.357 e. The van der Waals surface area contributed by atoms with E-state index in [1.165, 1.54) is 22.4 Å². The van der Waals surface area contributed by atoms with Gasteiger partial charge in [-0.1, -0.05) is 0 Å². The molecule has 1 unspecified atom stereocenters. The van der Waals surface area contributed by atoms with Crippen LogP contribution in [0, 0.1) is 6.92 Å². The second-order valence-electron chi connectivity index (χ2n) is 6.54. The lowest BCUT2D eigenvalue weighted by atomic mass is 10.1. The van der Waals surface area contributed by atoms with E-state index in [0.29, 0.717) is 6.04 Å². The average Bonchev–Trinajstić information content (AvgIpc) is 3.25. The highest BCUT2D eigenvalue weighted by molar-refractivity contribution is 7.10. The predicted octanol–water partition coefficient (Wildman–Crippen LogP) is 3.62. The summed E-state index contributed by atoms with van der Waals surface area (Å²) < 4.78 is 0. The number of aliphatic imine (C=N–C) groups is 1. The number of hydrogen-bond donors (Lipinski definition) is 2. The van der Waals surface area contributed by atoms with Crippen molar-refractivity contribution in [3.63, 3.8) is 0 Å². The lowest BCUT2D eigenvalue weighted by Crippen LogP contribution is -2.47. The summed E-state index contributed by atoms with van der Waals surface area (Å²) in [5.74, 6) is 0.912. The Labute approximate surface area is 159 Å². The molecule has 0 saturated carbocycles. The third kappa shape index (κ3) is 4.84. The zero-order valence-corrected chi connectivity index (χ0v) is 17.0. The second kappa shape index (κ2) is 8.83. The van der Waals surface area contributed by atoms with E-state index in [4.69, 9.17) is 4.99 Å². The molecule has 3 heterocycles. The first kappa shape index (κ1) is 18.4. The van der Waals surface area contributed by atoms with Gasteiger partial charge >= 0.3 is 0 Å². The monoisotopic (exact) mass is 376 g/mol. The molecule has 0 radical (unpaired) electrons. The Morgan fingerprint density at radius 2 is 2.12 bits per heavy atom. The van der Waals surface area contributed by atoms with E-state index in [1.54, 1.807) is 16.2 Å². The van der Waals surface area contributed by atoms with Crippen molar-refractivity contribution >= 4 is 28.6 Å². The largest absolute Gasteiger partial charge is 0.357 e. The molecule has 0 fully saturated rings. The Morgan fingerprint density at radius 1 is 1.28 bits per heavy atom. The fraction of sp³-hybridized carbons (Fsp3) is 0.526. The molecule has 2 aromatic rings. The predicted molar refractivity (Wildman–Crippen MR) is 110 cm³/mol. The van der Waals surface area contributed by atoms with E-state index in [9.17, 15) is 0 Å². The molecule has 25 heavy (non-hydrogen) atoms. The first-order valence-corrected chi connectivity index (χ1v) is 10.8. The maximum atomic E-state index is 4.75. The highest BCUT2D eigenvalue weighted by Crippen LogP contribution is 2.25. The van der Waals surface area contributed by atoms with E-state index in [0.717, 1.165) is 38.7 Å². The number of thiophene rings is 2. The van der Waals surface area contributed by atoms with Gasteiger partial charge in [0.1, 0.15) is 0 Å². The minimum absolute atomic E-state index is 0.486. The quantitative estimate of drug-likeness (QED) is 0.597. The third-order valence-electron chi connectivity index (χ3n) is 4.72. The lowest BCUT2D eigenvalue weighted by molar-refractivity contribution is 0.192. The van der Waals surface area contributed by atoms with Gasteiger partial charge in [-0.2, -0.15) is 0 Å². The van der Waals surface area contributed by atoms with E-state index in [1.807, 2.05) is 11.3 Å². The average molecular weight is 377 g/mol. The number of aryl methyl sites for hydroxylation is 1. The lowest BCUT2D eigenvalue weighted by Gasteiger charge is -2.32. The SMILES string of the molecule is CCNC(=NCc1sccc1C)NCC(C)N1CCc2sccc2C1. The summed E-state index contributed by atoms with van der Waals surface area (Å²) in [7, 11) is 0. The molecular formula is C19H28N4S2. The molecule has 2 aromatic heterocycles. The molecule has 3 rings (SSSR count). The van der Waals surface area contributed by atoms with Crippen molar-refractivity contribution in [2.75, 3.05) is 19.6 Å². The summed E-state index contributed by atoms with van der Waals surface area (Å²) in [6, 6.07) is 4.93. The van der Waals surface area contributed by atoms with Crippen molar-refractivity contribution in [1.29, 1.82) is 0 Å². The van der Waals surface area contributed by atoms with Crippen LogP contribution in [-0.4, -0.2) is 36.5 Å². The standard InChI is InChI=1S/C19H28N4S2/c1-4-20-19(22-12-18-14(2)6-9-25-18)21-11-15(3)23-8-5-17-16(13-23)7-10-24-17/h6-7,9-10,15H,4-5,8,11-13H2,1-3H3,(H2,20,21,22). The molecule has 0 aromatic carbocycles. The highest BCUT2D eigenvalue weighted by atomic mass is 32.1. The Bertz CT molecular complexity index is 704. The van der Waals surface area contributed by atoms with Crippen molar-refractivity contribution in [3.8, 4) is 0 Å². The molecule has 0 spiro atoms. The first-order valence-electron chi connectivity index (χ1n) is 9.01. The minimum atomic E-state index is 0.486. The number of fused-ring (bicyclic) bond motifs is 1. The Balaban J connectivity index is 1.53. The van der Waals surface area contributed by atoms with Crippen molar-refractivity contribution in [1.82, 2.24) is 15.5 Å². The zero-order chi connectivity index (χ0) is 17.6. The number of nitrogens with one attached hydrogen (secondary N) is 2. The summed E-state index contributed by atoms with van der Waals surface area (Å²) >= 11 is 3.68. The van der Waals surface area contributed by atoms with Gasteiger partial charge in [0, 0.05) is 42.0 Å². The van der Waals surface area contributed by atoms with Crippen LogP contribution < -0.4 is 10.6 Å². The van der Waals surface area contributed by atoms with Crippen LogP contribution in [0.3, 0.4) is 0 Å². The van der Waals surface area contributed by atoms with Gasteiger partial charge in [0.15, 0.2) is 5.96 Å². The van der Waals surface area contributed by atoms with Crippen molar-refractivity contribution in [2.45, 2.75) is 46.3 Å². The molecule has 0 saturated heterocycles. The normalized spacial score (nSPS) is 16.5. The van der Waals surface area contributed by atoms with E-state index in [-0.39, 0.29) is 0 Å². The molecule has 2 N–H and O–H groups in total. The Hall–Kier alpha value is -1.37. The number of hydrogen-bond acceptors (Lipinski definition) is 4. The van der Waals surface area contributed by atoms with Crippen LogP contribution in [0.2, 0.25) is 0 Å². The highest BCUT2D eigenvalue weighted by Gasteiger charge is 2.21. The maximum Gasteiger partial charge on any atom is 0.191 e. The van der Waals surface area contributed by atoms with Crippen molar-refractivity contribution in [2.24, 2.45) is 4.99 Å². The van der Waals surface area contributed by atoms with Gasteiger partial charge in [0.25, 0.3) is 0 Å². The Morgan fingerprint density at radius 3 is 2.88 bits per heavy atom. The first-order chi connectivity index (χ1) is 12.2. The summed E-state index contributed by atoms with van der Waals surface area (Å²) in [5, 5.41) is 11.2. The summed E-state index contributed by atoms with van der Waals surface area (Å²) in [5.41, 5.74) is 2.84. The summed E-state index contributed by atoms with van der Waals surface area (Å²) in [4.78, 5) is 10.2. The maximum absolute atomic E-state index is 4.75. The summed E-state index contributed by atoms with van der Waals surface area (Å²) in [6.45, 7) is 11.3. The van der Waals surface area contributed by atoms with E-state index in [2.05, 4.69) is 59.2 Å². The van der Waals surface area contributed by atoms with Gasteiger partial charge in [0.05, 0.1) is 6.54 Å². The molecule has 136 valence electrons. The molecule has 0 amide bonds. The third-order valence-corrected chi connectivity index (χ3v) is 6.75. The molecule has 6 heteroatoms. The summed E-state index contributed by atoms with van der Waals surface area (Å²) in [6.07, 6.45) is 1.18. The van der Waals surface area contributed by atoms with Gasteiger partial charge in [0.2, 0.25) is 0 Å². The van der Waals surface area contributed by atoms with Crippen LogP contribution in [0.5, 0.6) is 0 Å².